The highest BCUT2D eigenvalue weighted by Gasteiger charge is 2.08. The van der Waals surface area contributed by atoms with Crippen LogP contribution in [0.5, 0.6) is 0 Å². The molecule has 0 radical (unpaired) electrons. The highest BCUT2D eigenvalue weighted by atomic mass is 35.5. The van der Waals surface area contributed by atoms with Crippen molar-refractivity contribution in [2.24, 2.45) is 0 Å². The van der Waals surface area contributed by atoms with Gasteiger partial charge in [0.25, 0.3) is 0 Å². The molecular formula is C10H14ClN. The van der Waals surface area contributed by atoms with E-state index < -0.39 is 0 Å². The van der Waals surface area contributed by atoms with E-state index in [1.165, 1.54) is 5.56 Å². The average molecular weight is 184 g/mol. The summed E-state index contributed by atoms with van der Waals surface area (Å²) in [4.78, 5) is 0. The molecule has 2 heteroatoms. The van der Waals surface area contributed by atoms with Gasteiger partial charge in [0.05, 0.1) is 0 Å². The number of nitrogens with one attached hydrogen (secondary N) is 1. The van der Waals surface area contributed by atoms with Crippen LogP contribution in [0, 0.1) is 0 Å². The lowest BCUT2D eigenvalue weighted by Gasteiger charge is -2.15. The van der Waals surface area contributed by atoms with Gasteiger partial charge in [0.15, 0.2) is 0 Å². The SMILES string of the molecule is CC[C@@H](NC)c1ccccc1Cl. The van der Waals surface area contributed by atoms with Crippen molar-refractivity contribution in [1.82, 2.24) is 5.32 Å². The van der Waals surface area contributed by atoms with Crippen LogP contribution in [-0.4, -0.2) is 7.05 Å². The summed E-state index contributed by atoms with van der Waals surface area (Å²) in [6, 6.07) is 8.33. The van der Waals surface area contributed by atoms with Crippen molar-refractivity contribution in [3.05, 3.63) is 34.9 Å². The number of hydrogen-bond donors (Lipinski definition) is 1. The van der Waals surface area contributed by atoms with Crippen molar-refractivity contribution in [3.63, 3.8) is 0 Å². The van der Waals surface area contributed by atoms with Gasteiger partial charge in [-0.05, 0) is 25.1 Å². The zero-order valence-electron chi connectivity index (χ0n) is 7.47. The van der Waals surface area contributed by atoms with Gasteiger partial charge in [-0.3, -0.25) is 0 Å². The average Bonchev–Trinajstić information content (AvgIpc) is 2.10. The monoisotopic (exact) mass is 183 g/mol. The topological polar surface area (TPSA) is 12.0 Å². The summed E-state index contributed by atoms with van der Waals surface area (Å²) in [5, 5.41) is 4.07. The lowest BCUT2D eigenvalue weighted by molar-refractivity contribution is 0.577. The molecule has 1 atom stereocenters. The quantitative estimate of drug-likeness (QED) is 0.760. The van der Waals surface area contributed by atoms with E-state index in [-0.39, 0.29) is 0 Å². The van der Waals surface area contributed by atoms with E-state index >= 15 is 0 Å². The van der Waals surface area contributed by atoms with Gasteiger partial charge in [0.1, 0.15) is 0 Å². The van der Waals surface area contributed by atoms with Crippen LogP contribution in [0.1, 0.15) is 24.9 Å². The van der Waals surface area contributed by atoms with Crippen molar-refractivity contribution in [1.29, 1.82) is 0 Å². The Morgan fingerprint density at radius 1 is 1.42 bits per heavy atom. The molecule has 0 spiro atoms. The number of hydrogen-bond acceptors (Lipinski definition) is 1. The van der Waals surface area contributed by atoms with Gasteiger partial charge in [-0.1, -0.05) is 36.7 Å². The Labute approximate surface area is 78.7 Å². The van der Waals surface area contributed by atoms with Gasteiger partial charge in [-0.25, -0.2) is 0 Å². The fourth-order valence-electron chi connectivity index (χ4n) is 1.34. The Morgan fingerprint density at radius 3 is 2.58 bits per heavy atom. The van der Waals surface area contributed by atoms with Gasteiger partial charge in [-0.15, -0.1) is 0 Å². The number of rotatable bonds is 3. The van der Waals surface area contributed by atoms with Crippen LogP contribution in [-0.2, 0) is 0 Å². The Bertz CT molecular complexity index is 243. The summed E-state index contributed by atoms with van der Waals surface area (Å²) in [7, 11) is 1.96. The van der Waals surface area contributed by atoms with Crippen LogP contribution in [0.4, 0.5) is 0 Å². The molecule has 1 aromatic carbocycles. The first-order valence-electron chi connectivity index (χ1n) is 4.21. The zero-order valence-corrected chi connectivity index (χ0v) is 8.23. The second kappa shape index (κ2) is 4.48. The molecule has 1 N–H and O–H groups in total. The third kappa shape index (κ3) is 1.99. The maximum absolute atomic E-state index is 6.04. The highest BCUT2D eigenvalue weighted by Crippen LogP contribution is 2.23. The maximum Gasteiger partial charge on any atom is 0.0453 e. The second-order valence-electron chi connectivity index (χ2n) is 2.77. The van der Waals surface area contributed by atoms with E-state index in [1.807, 2.05) is 25.2 Å². The first kappa shape index (κ1) is 9.56. The summed E-state index contributed by atoms with van der Waals surface area (Å²) in [6.07, 6.45) is 1.06. The summed E-state index contributed by atoms with van der Waals surface area (Å²) in [5.74, 6) is 0. The van der Waals surface area contributed by atoms with Crippen LogP contribution in [0.3, 0.4) is 0 Å². The van der Waals surface area contributed by atoms with Crippen molar-refractivity contribution < 1.29 is 0 Å². The van der Waals surface area contributed by atoms with Gasteiger partial charge in [0, 0.05) is 11.1 Å². The Kier molecular flexibility index (Phi) is 3.57. The van der Waals surface area contributed by atoms with Crippen molar-refractivity contribution >= 4 is 11.6 Å². The molecule has 0 saturated heterocycles. The van der Waals surface area contributed by atoms with Crippen LogP contribution in [0.2, 0.25) is 5.02 Å². The molecule has 0 aliphatic rings. The molecule has 0 fully saturated rings. The van der Waals surface area contributed by atoms with Crippen molar-refractivity contribution in [2.75, 3.05) is 7.05 Å². The van der Waals surface area contributed by atoms with Crippen LogP contribution >= 0.6 is 11.6 Å². The molecule has 66 valence electrons. The van der Waals surface area contributed by atoms with Gasteiger partial charge in [-0.2, -0.15) is 0 Å². The molecule has 1 aromatic rings. The van der Waals surface area contributed by atoms with E-state index in [0.29, 0.717) is 6.04 Å². The van der Waals surface area contributed by atoms with Crippen LogP contribution in [0.25, 0.3) is 0 Å². The molecule has 1 nitrogen and oxygen atoms in total. The number of benzene rings is 1. The van der Waals surface area contributed by atoms with E-state index in [1.54, 1.807) is 0 Å². The minimum absolute atomic E-state index is 0.374. The van der Waals surface area contributed by atoms with Gasteiger partial charge in [0.2, 0.25) is 0 Å². The molecule has 1 rings (SSSR count). The lowest BCUT2D eigenvalue weighted by Crippen LogP contribution is -2.15. The van der Waals surface area contributed by atoms with Crippen molar-refractivity contribution in [2.45, 2.75) is 19.4 Å². The number of halogens is 1. The van der Waals surface area contributed by atoms with E-state index in [2.05, 4.69) is 18.3 Å². The molecular weight excluding hydrogens is 170 g/mol. The molecule has 0 heterocycles. The molecule has 12 heavy (non-hydrogen) atoms. The molecule has 0 aliphatic carbocycles. The third-order valence-corrected chi connectivity index (χ3v) is 2.38. The predicted molar refractivity (Wildman–Crippen MR) is 53.5 cm³/mol. The minimum atomic E-state index is 0.374. The molecule has 0 aromatic heterocycles. The minimum Gasteiger partial charge on any atom is -0.313 e. The van der Waals surface area contributed by atoms with Crippen molar-refractivity contribution in [3.8, 4) is 0 Å². The third-order valence-electron chi connectivity index (χ3n) is 2.04. The summed E-state index contributed by atoms with van der Waals surface area (Å²) < 4.78 is 0. The summed E-state index contributed by atoms with van der Waals surface area (Å²) >= 11 is 6.04. The van der Waals surface area contributed by atoms with E-state index in [4.69, 9.17) is 11.6 Å². The van der Waals surface area contributed by atoms with Gasteiger partial charge >= 0.3 is 0 Å². The summed E-state index contributed by atoms with van der Waals surface area (Å²) in [5.41, 5.74) is 1.18. The van der Waals surface area contributed by atoms with E-state index in [9.17, 15) is 0 Å². The first-order valence-corrected chi connectivity index (χ1v) is 4.59. The fourth-order valence-corrected chi connectivity index (χ4v) is 1.60. The first-order chi connectivity index (χ1) is 5.79. The smallest absolute Gasteiger partial charge is 0.0453 e. The second-order valence-corrected chi connectivity index (χ2v) is 3.18. The lowest BCUT2D eigenvalue weighted by atomic mass is 10.1. The molecule has 0 bridgehead atoms. The van der Waals surface area contributed by atoms with Crippen LogP contribution in [0.15, 0.2) is 24.3 Å². The Hall–Kier alpha value is -0.530. The molecule has 0 unspecified atom stereocenters. The zero-order chi connectivity index (χ0) is 8.97. The molecule has 0 aliphatic heterocycles. The molecule has 0 saturated carbocycles. The highest BCUT2D eigenvalue weighted by molar-refractivity contribution is 6.31. The fraction of sp³-hybridized carbons (Fsp3) is 0.400. The predicted octanol–water partition coefficient (Wildman–Crippen LogP) is 3.01. The Morgan fingerprint density at radius 2 is 2.08 bits per heavy atom. The van der Waals surface area contributed by atoms with Crippen LogP contribution < -0.4 is 5.32 Å². The van der Waals surface area contributed by atoms with E-state index in [0.717, 1.165) is 11.4 Å². The largest absolute Gasteiger partial charge is 0.313 e. The normalized spacial score (nSPS) is 12.9. The van der Waals surface area contributed by atoms with Gasteiger partial charge < -0.3 is 5.32 Å². The molecule has 0 amide bonds. The Balaban J connectivity index is 2.92. The standard InChI is InChI=1S/C10H14ClN/c1-3-10(12-2)8-6-4-5-7-9(8)11/h4-7,10,12H,3H2,1-2H3/t10-/m1/s1. The summed E-state index contributed by atoms with van der Waals surface area (Å²) in [6.45, 7) is 2.14. The maximum atomic E-state index is 6.04.